The summed E-state index contributed by atoms with van der Waals surface area (Å²) in [6.07, 6.45) is 1.32. The number of rotatable bonds is 6. The molecule has 0 saturated heterocycles. The maximum atomic E-state index is 11.7. The maximum absolute atomic E-state index is 11.7. The van der Waals surface area contributed by atoms with Gasteiger partial charge in [-0.3, -0.25) is 4.79 Å². The van der Waals surface area contributed by atoms with Crippen LogP contribution in [-0.4, -0.2) is 24.5 Å². The number of amides is 1. The van der Waals surface area contributed by atoms with Crippen molar-refractivity contribution in [3.63, 3.8) is 0 Å². The number of hydrogen-bond acceptors (Lipinski definition) is 4. The number of carbonyl (C=O) groups excluding carboxylic acids is 1. The Bertz CT molecular complexity index is 622. The van der Waals surface area contributed by atoms with Crippen molar-refractivity contribution in [2.45, 2.75) is 26.7 Å². The first-order chi connectivity index (χ1) is 10.1. The molecule has 21 heavy (non-hydrogen) atoms. The molecule has 2 aromatic rings. The van der Waals surface area contributed by atoms with Crippen LogP contribution in [0.2, 0.25) is 0 Å². The van der Waals surface area contributed by atoms with E-state index in [1.54, 1.807) is 11.3 Å². The van der Waals surface area contributed by atoms with Gasteiger partial charge in [0.25, 0.3) is 0 Å². The Kier molecular flexibility index (Phi) is 5.47. The third-order valence-corrected chi connectivity index (χ3v) is 4.26. The van der Waals surface area contributed by atoms with Crippen molar-refractivity contribution in [3.05, 3.63) is 46.0 Å². The van der Waals surface area contributed by atoms with Gasteiger partial charge in [-0.1, -0.05) is 29.8 Å². The average Bonchev–Trinajstić information content (AvgIpc) is 2.76. The predicted molar refractivity (Wildman–Crippen MR) is 88.0 cm³/mol. The Morgan fingerprint density at radius 2 is 2.14 bits per heavy atom. The van der Waals surface area contributed by atoms with Crippen LogP contribution in [0, 0.1) is 13.8 Å². The van der Waals surface area contributed by atoms with E-state index >= 15 is 0 Å². The SMILES string of the molecule is CNCCC(=O)Nc1nc(C)c(Cc2cccc(C)c2)s1. The Morgan fingerprint density at radius 3 is 2.86 bits per heavy atom. The van der Waals surface area contributed by atoms with E-state index in [1.807, 2.05) is 14.0 Å². The van der Waals surface area contributed by atoms with E-state index in [9.17, 15) is 4.79 Å². The monoisotopic (exact) mass is 303 g/mol. The van der Waals surface area contributed by atoms with Crippen molar-refractivity contribution < 1.29 is 4.79 Å². The predicted octanol–water partition coefficient (Wildman–Crippen LogP) is 2.90. The minimum absolute atomic E-state index is 0.000190. The molecule has 0 aliphatic rings. The Balaban J connectivity index is 2.03. The van der Waals surface area contributed by atoms with Crippen LogP contribution in [0.15, 0.2) is 24.3 Å². The summed E-state index contributed by atoms with van der Waals surface area (Å²) in [5.41, 5.74) is 3.52. The molecule has 5 heteroatoms. The summed E-state index contributed by atoms with van der Waals surface area (Å²) in [6.45, 7) is 4.76. The summed E-state index contributed by atoms with van der Waals surface area (Å²) in [5.74, 6) is 0.000190. The lowest BCUT2D eigenvalue weighted by molar-refractivity contribution is -0.116. The van der Waals surface area contributed by atoms with Gasteiger partial charge in [-0.2, -0.15) is 0 Å². The highest BCUT2D eigenvalue weighted by Gasteiger charge is 2.10. The van der Waals surface area contributed by atoms with Crippen LogP contribution >= 0.6 is 11.3 Å². The molecule has 0 fully saturated rings. The molecule has 2 rings (SSSR count). The lowest BCUT2D eigenvalue weighted by atomic mass is 10.1. The molecule has 1 amide bonds. The van der Waals surface area contributed by atoms with E-state index in [-0.39, 0.29) is 5.91 Å². The maximum Gasteiger partial charge on any atom is 0.227 e. The number of nitrogens with one attached hydrogen (secondary N) is 2. The third-order valence-electron chi connectivity index (χ3n) is 3.19. The molecule has 0 spiro atoms. The molecule has 4 nitrogen and oxygen atoms in total. The molecule has 1 heterocycles. The summed E-state index contributed by atoms with van der Waals surface area (Å²) in [6, 6.07) is 8.47. The number of carbonyl (C=O) groups is 1. The molecule has 0 aliphatic carbocycles. The van der Waals surface area contributed by atoms with Gasteiger partial charge in [0.1, 0.15) is 0 Å². The highest BCUT2D eigenvalue weighted by Crippen LogP contribution is 2.25. The van der Waals surface area contributed by atoms with Crippen molar-refractivity contribution in [1.82, 2.24) is 10.3 Å². The zero-order chi connectivity index (χ0) is 15.2. The van der Waals surface area contributed by atoms with Crippen LogP contribution in [0.3, 0.4) is 0 Å². The topological polar surface area (TPSA) is 54.0 Å². The minimum atomic E-state index is 0.000190. The fourth-order valence-corrected chi connectivity index (χ4v) is 3.09. The second-order valence-electron chi connectivity index (χ2n) is 5.10. The van der Waals surface area contributed by atoms with E-state index in [2.05, 4.69) is 46.8 Å². The normalized spacial score (nSPS) is 10.6. The molecule has 1 aromatic carbocycles. The first-order valence-corrected chi connectivity index (χ1v) is 7.86. The van der Waals surface area contributed by atoms with Gasteiger partial charge in [0.15, 0.2) is 5.13 Å². The van der Waals surface area contributed by atoms with Gasteiger partial charge < -0.3 is 10.6 Å². The number of aromatic nitrogens is 1. The largest absolute Gasteiger partial charge is 0.319 e. The van der Waals surface area contributed by atoms with Crippen LogP contribution in [0.1, 0.15) is 28.1 Å². The van der Waals surface area contributed by atoms with Crippen LogP contribution in [0.4, 0.5) is 5.13 Å². The molecule has 0 unspecified atom stereocenters. The number of thiazole rings is 1. The lowest BCUT2D eigenvalue weighted by Gasteiger charge is -2.01. The molecule has 1 aromatic heterocycles. The third kappa shape index (κ3) is 4.65. The molecule has 2 N–H and O–H groups in total. The number of aryl methyl sites for hydroxylation is 2. The van der Waals surface area contributed by atoms with Gasteiger partial charge >= 0.3 is 0 Å². The highest BCUT2D eigenvalue weighted by atomic mass is 32.1. The smallest absolute Gasteiger partial charge is 0.227 e. The summed E-state index contributed by atoms with van der Waals surface area (Å²) >= 11 is 1.56. The van der Waals surface area contributed by atoms with Crippen LogP contribution in [0.25, 0.3) is 0 Å². The van der Waals surface area contributed by atoms with Gasteiger partial charge in [-0.05, 0) is 26.5 Å². The van der Waals surface area contributed by atoms with E-state index in [4.69, 9.17) is 0 Å². The van der Waals surface area contributed by atoms with Crippen LogP contribution in [0.5, 0.6) is 0 Å². The number of anilines is 1. The Labute approximate surface area is 129 Å². The summed E-state index contributed by atoms with van der Waals surface area (Å²) in [7, 11) is 1.83. The van der Waals surface area contributed by atoms with Gasteiger partial charge in [-0.15, -0.1) is 11.3 Å². The lowest BCUT2D eigenvalue weighted by Crippen LogP contribution is -2.18. The standard InChI is InChI=1S/C16H21N3OS/c1-11-5-4-6-13(9-11)10-14-12(2)18-16(21-14)19-15(20)7-8-17-3/h4-6,9,17H,7-8,10H2,1-3H3,(H,18,19,20). The van der Waals surface area contributed by atoms with E-state index < -0.39 is 0 Å². The van der Waals surface area contributed by atoms with Crippen LogP contribution in [-0.2, 0) is 11.2 Å². The van der Waals surface area contributed by atoms with Gasteiger partial charge in [0.05, 0.1) is 5.69 Å². The summed E-state index contributed by atoms with van der Waals surface area (Å²) in [4.78, 5) is 17.4. The number of hydrogen-bond donors (Lipinski definition) is 2. The van der Waals surface area contributed by atoms with Gasteiger partial charge in [-0.25, -0.2) is 4.98 Å². The van der Waals surface area contributed by atoms with Crippen molar-refractivity contribution >= 4 is 22.4 Å². The second-order valence-corrected chi connectivity index (χ2v) is 6.18. The van der Waals surface area contributed by atoms with E-state index in [1.165, 1.54) is 16.0 Å². The summed E-state index contributed by atoms with van der Waals surface area (Å²) in [5, 5.41) is 6.52. The molecule has 0 radical (unpaired) electrons. The molecule has 0 bridgehead atoms. The molecular formula is C16H21N3OS. The van der Waals surface area contributed by atoms with Crippen molar-refractivity contribution in [3.8, 4) is 0 Å². The molecule has 112 valence electrons. The zero-order valence-corrected chi connectivity index (χ0v) is 13.5. The first-order valence-electron chi connectivity index (χ1n) is 7.05. The Hall–Kier alpha value is -1.72. The van der Waals surface area contributed by atoms with E-state index in [0.29, 0.717) is 18.1 Å². The van der Waals surface area contributed by atoms with Crippen LogP contribution < -0.4 is 10.6 Å². The minimum Gasteiger partial charge on any atom is -0.319 e. The number of benzene rings is 1. The number of nitrogens with zero attached hydrogens (tertiary/aromatic N) is 1. The second kappa shape index (κ2) is 7.33. The van der Waals surface area contributed by atoms with Crippen molar-refractivity contribution in [1.29, 1.82) is 0 Å². The fraction of sp³-hybridized carbons (Fsp3) is 0.375. The first kappa shape index (κ1) is 15.7. The fourth-order valence-electron chi connectivity index (χ4n) is 2.07. The van der Waals surface area contributed by atoms with E-state index in [0.717, 1.165) is 12.1 Å². The van der Waals surface area contributed by atoms with Gasteiger partial charge in [0.2, 0.25) is 5.91 Å². The van der Waals surface area contributed by atoms with Gasteiger partial charge in [0, 0.05) is 24.3 Å². The molecular weight excluding hydrogens is 282 g/mol. The summed E-state index contributed by atoms with van der Waals surface area (Å²) < 4.78 is 0. The molecule has 0 saturated carbocycles. The molecule has 0 atom stereocenters. The zero-order valence-electron chi connectivity index (χ0n) is 12.7. The molecule has 0 aliphatic heterocycles. The quantitative estimate of drug-likeness (QED) is 0.863. The highest BCUT2D eigenvalue weighted by molar-refractivity contribution is 7.15. The van der Waals surface area contributed by atoms with Crippen molar-refractivity contribution in [2.24, 2.45) is 0 Å². The average molecular weight is 303 g/mol. The van der Waals surface area contributed by atoms with Crippen molar-refractivity contribution in [2.75, 3.05) is 18.9 Å². The Morgan fingerprint density at radius 1 is 1.33 bits per heavy atom.